The first-order valence-corrected chi connectivity index (χ1v) is 16.2. The number of aromatic nitrogens is 4. The Hall–Kier alpha value is -6.52. The highest BCUT2D eigenvalue weighted by atomic mass is 15.0. The summed E-state index contributed by atoms with van der Waals surface area (Å²) in [7, 11) is 0. The summed E-state index contributed by atoms with van der Waals surface area (Å²) in [6.07, 6.45) is 5.88. The summed E-state index contributed by atoms with van der Waals surface area (Å²) in [5, 5.41) is 5.91. The van der Waals surface area contributed by atoms with E-state index in [9.17, 15) is 0 Å². The molecule has 0 radical (unpaired) electrons. The molecule has 0 unspecified atom stereocenters. The summed E-state index contributed by atoms with van der Waals surface area (Å²) in [4.78, 5) is 9.34. The number of rotatable bonds is 4. The van der Waals surface area contributed by atoms with Crippen LogP contribution in [0.3, 0.4) is 0 Å². The summed E-state index contributed by atoms with van der Waals surface area (Å²) in [5.41, 5.74) is 12.6. The molecule has 6 aromatic carbocycles. The van der Waals surface area contributed by atoms with Crippen molar-refractivity contribution < 1.29 is 0 Å². The van der Waals surface area contributed by atoms with Crippen LogP contribution in [0.4, 0.5) is 0 Å². The first-order chi connectivity index (χ1) is 23.8. The van der Waals surface area contributed by atoms with Crippen LogP contribution < -0.4 is 0 Å². The highest BCUT2D eigenvalue weighted by Crippen LogP contribution is 2.39. The Kier molecular flexibility index (Phi) is 5.84. The second-order valence-corrected chi connectivity index (χ2v) is 12.3. The lowest BCUT2D eigenvalue weighted by atomic mass is 9.97. The minimum Gasteiger partial charge on any atom is -0.309 e. The van der Waals surface area contributed by atoms with E-state index in [1.54, 1.807) is 0 Å². The molecule has 0 bridgehead atoms. The third-order valence-electron chi connectivity index (χ3n) is 9.62. The van der Waals surface area contributed by atoms with E-state index in [1.807, 2.05) is 18.6 Å². The molecule has 4 aromatic heterocycles. The molecule has 224 valence electrons. The van der Waals surface area contributed by atoms with Crippen molar-refractivity contribution in [2.24, 2.45) is 0 Å². The van der Waals surface area contributed by atoms with Crippen molar-refractivity contribution in [1.29, 1.82) is 0 Å². The van der Waals surface area contributed by atoms with Gasteiger partial charge in [0.2, 0.25) is 0 Å². The van der Waals surface area contributed by atoms with Gasteiger partial charge in [-0.25, -0.2) is 0 Å². The van der Waals surface area contributed by atoms with Gasteiger partial charge < -0.3 is 9.13 Å². The fourth-order valence-electron chi connectivity index (χ4n) is 7.44. The molecule has 10 rings (SSSR count). The predicted molar refractivity (Wildman–Crippen MR) is 199 cm³/mol. The molecule has 0 aliphatic rings. The number of hydrogen-bond donors (Lipinski definition) is 0. The van der Waals surface area contributed by atoms with Crippen LogP contribution >= 0.6 is 0 Å². The normalized spacial score (nSPS) is 11.8. The van der Waals surface area contributed by atoms with Gasteiger partial charge in [0.05, 0.1) is 33.8 Å². The number of nitrogens with zero attached hydrogens (tertiary/aromatic N) is 4. The van der Waals surface area contributed by atoms with Crippen LogP contribution in [0.5, 0.6) is 0 Å². The zero-order chi connectivity index (χ0) is 31.6. The second-order valence-electron chi connectivity index (χ2n) is 12.3. The molecule has 0 saturated heterocycles. The number of hydrogen-bond acceptors (Lipinski definition) is 2. The van der Waals surface area contributed by atoms with Gasteiger partial charge in [-0.3, -0.25) is 9.97 Å². The molecule has 4 heteroatoms. The van der Waals surface area contributed by atoms with Crippen molar-refractivity contribution in [2.75, 3.05) is 0 Å². The van der Waals surface area contributed by atoms with Gasteiger partial charge in [0, 0.05) is 50.7 Å². The van der Waals surface area contributed by atoms with E-state index in [0.29, 0.717) is 0 Å². The second kappa shape index (κ2) is 10.5. The maximum atomic E-state index is 4.87. The molecule has 0 aliphatic heterocycles. The lowest BCUT2D eigenvalue weighted by Gasteiger charge is -2.10. The summed E-state index contributed by atoms with van der Waals surface area (Å²) in [5.74, 6) is 0. The Labute approximate surface area is 276 Å². The maximum absolute atomic E-state index is 4.87. The van der Waals surface area contributed by atoms with Crippen LogP contribution in [0.25, 0.3) is 88.1 Å². The highest BCUT2D eigenvalue weighted by Gasteiger charge is 2.17. The van der Waals surface area contributed by atoms with Gasteiger partial charge in [0.25, 0.3) is 0 Å². The largest absolute Gasteiger partial charge is 0.309 e. The topological polar surface area (TPSA) is 35.6 Å². The molecule has 4 heterocycles. The summed E-state index contributed by atoms with van der Waals surface area (Å²) >= 11 is 0. The number of pyridine rings is 2. The third-order valence-corrected chi connectivity index (χ3v) is 9.62. The fraction of sp³-hybridized carbons (Fsp3) is 0. The molecule has 0 N–H and O–H groups in total. The minimum atomic E-state index is 0.998. The Morgan fingerprint density at radius 2 is 0.979 bits per heavy atom. The first-order valence-electron chi connectivity index (χ1n) is 16.2. The van der Waals surface area contributed by atoms with E-state index >= 15 is 0 Å². The average Bonchev–Trinajstić information content (AvgIpc) is 3.68. The first kappa shape index (κ1) is 26.7. The number of para-hydroxylation sites is 3. The number of fused-ring (bicyclic) bond motifs is 8. The van der Waals surface area contributed by atoms with E-state index in [-0.39, 0.29) is 0 Å². The van der Waals surface area contributed by atoms with Gasteiger partial charge in [0.1, 0.15) is 0 Å². The van der Waals surface area contributed by atoms with Crippen LogP contribution in [-0.4, -0.2) is 19.1 Å². The average molecular weight is 613 g/mol. The monoisotopic (exact) mass is 612 g/mol. The summed E-state index contributed by atoms with van der Waals surface area (Å²) < 4.78 is 4.68. The van der Waals surface area contributed by atoms with Crippen molar-refractivity contribution in [3.8, 4) is 33.6 Å². The molecule has 10 aromatic rings. The molecule has 0 fully saturated rings. The molecule has 0 spiro atoms. The van der Waals surface area contributed by atoms with Gasteiger partial charge in [-0.15, -0.1) is 0 Å². The van der Waals surface area contributed by atoms with Crippen molar-refractivity contribution in [3.05, 3.63) is 170 Å². The molecule has 0 aliphatic carbocycles. The van der Waals surface area contributed by atoms with Crippen LogP contribution in [0.2, 0.25) is 0 Å². The van der Waals surface area contributed by atoms with Gasteiger partial charge >= 0.3 is 0 Å². The van der Waals surface area contributed by atoms with E-state index < -0.39 is 0 Å². The molecule has 0 saturated carbocycles. The van der Waals surface area contributed by atoms with Crippen molar-refractivity contribution in [2.45, 2.75) is 0 Å². The van der Waals surface area contributed by atoms with Gasteiger partial charge in [-0.2, -0.15) is 0 Å². The van der Waals surface area contributed by atoms with Crippen LogP contribution in [0, 0.1) is 0 Å². The van der Waals surface area contributed by atoms with Crippen molar-refractivity contribution >= 4 is 54.5 Å². The standard InChI is InChI=1S/C44H28N4/c1-3-12-33(13-4-1)47-41-20-18-31(25-37(41)35-22-23-45-28-43(35)47)29-10-9-11-30(24-29)32-19-21-42-38(26-32)39-27-46-40-17-8-7-16-36(40)44(39)48(42)34-14-5-2-6-15-34/h1-28H. The summed E-state index contributed by atoms with van der Waals surface area (Å²) in [6, 6.07) is 54.2. The molecule has 0 amide bonds. The van der Waals surface area contributed by atoms with E-state index in [0.717, 1.165) is 33.2 Å². The van der Waals surface area contributed by atoms with Crippen molar-refractivity contribution in [1.82, 2.24) is 19.1 Å². The molecule has 0 atom stereocenters. The van der Waals surface area contributed by atoms with E-state index in [1.165, 1.54) is 55.0 Å². The van der Waals surface area contributed by atoms with Crippen LogP contribution in [0.15, 0.2) is 170 Å². The zero-order valence-corrected chi connectivity index (χ0v) is 26.0. The molecule has 48 heavy (non-hydrogen) atoms. The lowest BCUT2D eigenvalue weighted by Crippen LogP contribution is -1.94. The van der Waals surface area contributed by atoms with Gasteiger partial charge in [0.15, 0.2) is 0 Å². The lowest BCUT2D eigenvalue weighted by molar-refractivity contribution is 1.17. The van der Waals surface area contributed by atoms with Crippen molar-refractivity contribution in [3.63, 3.8) is 0 Å². The van der Waals surface area contributed by atoms with Crippen LogP contribution in [-0.2, 0) is 0 Å². The molecular weight excluding hydrogens is 585 g/mol. The smallest absolute Gasteiger partial charge is 0.0724 e. The Morgan fingerprint density at radius 3 is 1.71 bits per heavy atom. The minimum absolute atomic E-state index is 0.998. The zero-order valence-electron chi connectivity index (χ0n) is 26.0. The summed E-state index contributed by atoms with van der Waals surface area (Å²) in [6.45, 7) is 0. The quantitative estimate of drug-likeness (QED) is 0.198. The Balaban J connectivity index is 1.14. The Bertz CT molecular complexity index is 2830. The van der Waals surface area contributed by atoms with Crippen LogP contribution in [0.1, 0.15) is 0 Å². The molecule has 4 nitrogen and oxygen atoms in total. The predicted octanol–water partition coefficient (Wildman–Crippen LogP) is 11.2. The third kappa shape index (κ3) is 4.03. The fourth-order valence-corrected chi connectivity index (χ4v) is 7.44. The van der Waals surface area contributed by atoms with E-state index in [2.05, 4.69) is 166 Å². The Morgan fingerprint density at radius 1 is 0.375 bits per heavy atom. The maximum Gasteiger partial charge on any atom is 0.0724 e. The van der Waals surface area contributed by atoms with Gasteiger partial charge in [-0.1, -0.05) is 84.9 Å². The van der Waals surface area contributed by atoms with Gasteiger partial charge in [-0.05, 0) is 89.0 Å². The number of benzene rings is 6. The molecular formula is C44H28N4. The highest BCUT2D eigenvalue weighted by molar-refractivity contribution is 6.18. The SMILES string of the molecule is c1ccc(-n2c3ccc(-c4cccc(-c5ccc6c(c5)c5cnc7ccccc7c5n6-c5ccccc5)c4)cc3c3ccncc32)cc1. The van der Waals surface area contributed by atoms with E-state index in [4.69, 9.17) is 4.98 Å².